The van der Waals surface area contributed by atoms with Crippen LogP contribution in [0.1, 0.15) is 41.5 Å². The maximum atomic E-state index is 14.1. The highest BCUT2D eigenvalue weighted by atomic mass is 79.9. The van der Waals surface area contributed by atoms with Gasteiger partial charge in [0.2, 0.25) is 0 Å². The summed E-state index contributed by atoms with van der Waals surface area (Å²) in [4.78, 5) is 21.6. The lowest BCUT2D eigenvalue weighted by Gasteiger charge is -2.44. The Morgan fingerprint density at radius 2 is 0.706 bits per heavy atom. The van der Waals surface area contributed by atoms with Gasteiger partial charge in [0, 0.05) is 32.2 Å². The fourth-order valence-electron chi connectivity index (χ4n) is 1.08. The highest BCUT2D eigenvalue weighted by Crippen LogP contribution is 2.69. The first-order chi connectivity index (χ1) is 14.6. The van der Waals surface area contributed by atoms with Crippen LogP contribution in [-0.2, 0) is 22.7 Å². The molecule has 0 amide bonds. The molecule has 0 saturated carbocycles. The molecule has 208 valence electrons. The van der Waals surface area contributed by atoms with E-state index in [-0.39, 0.29) is 0 Å². The molecule has 19 heteroatoms. The molecule has 0 heterocycles. The van der Waals surface area contributed by atoms with E-state index in [0.717, 1.165) is 0 Å². The van der Waals surface area contributed by atoms with Gasteiger partial charge in [0.25, 0.3) is 0 Å². The molecule has 3 N–H and O–H groups in total. The molecule has 0 spiro atoms. The Balaban J connectivity index is 0. The first-order valence-corrected chi connectivity index (χ1v) is 20.0. The smallest absolute Gasteiger partial charge is 0.303 e. The maximum Gasteiger partial charge on any atom is 0.481 e. The summed E-state index contributed by atoms with van der Waals surface area (Å²) in [6, 6.07) is 0. The summed E-state index contributed by atoms with van der Waals surface area (Å²) in [6.07, 6.45) is 0. The number of hydrogen-bond acceptors (Lipinski definition) is 5. The Hall–Kier alpha value is 4.54. The van der Waals surface area contributed by atoms with Crippen LogP contribution in [0.25, 0.3) is 0 Å². The zero-order chi connectivity index (χ0) is 28.2. The van der Waals surface area contributed by atoms with Gasteiger partial charge in [-0.1, -0.05) is 89.3 Å². The molecule has 0 aromatic rings. The molecule has 0 fully saturated rings. The summed E-state index contributed by atoms with van der Waals surface area (Å²) in [5, 5.41) is 1.62. The molecule has 0 aliphatic carbocycles. The predicted octanol–water partition coefficient (Wildman–Crippen LogP) is 9.81. The predicted molar refractivity (Wildman–Crippen MR) is 170 cm³/mol. The van der Waals surface area contributed by atoms with Crippen LogP contribution in [0.15, 0.2) is 0 Å². The Morgan fingerprint density at radius 3 is 0.824 bits per heavy atom. The molecule has 0 rings (SSSR count). The third-order valence-electron chi connectivity index (χ3n) is 4.05. The molecule has 0 unspecified atom stereocenters. The van der Waals surface area contributed by atoms with Gasteiger partial charge >= 0.3 is 15.6 Å². The second-order valence-corrected chi connectivity index (χ2v) is 22.9. The van der Waals surface area contributed by atoms with Crippen molar-refractivity contribution in [1.29, 1.82) is 0 Å². The minimum absolute atomic E-state index is 0.534. The molecule has 0 aliphatic heterocycles. The normalized spacial score (nSPS) is 15.1. The largest absolute Gasteiger partial charge is 0.481 e. The summed E-state index contributed by atoms with van der Waals surface area (Å²) < 4.78 is 37.2. The van der Waals surface area contributed by atoms with Gasteiger partial charge in [0.1, 0.15) is 0 Å². The van der Waals surface area contributed by atoms with E-state index >= 15 is 0 Å². The minimum Gasteiger partial charge on any atom is -0.303 e. The van der Waals surface area contributed by atoms with Crippen molar-refractivity contribution < 1.29 is 37.4 Å². The number of alkyl halides is 9. The number of phosphoric acid groups is 2. The molecule has 0 aromatic carbocycles. The van der Waals surface area contributed by atoms with Crippen LogP contribution in [0.5, 0.6) is 0 Å². The third kappa shape index (κ3) is 13.5. The highest BCUT2D eigenvalue weighted by Gasteiger charge is 2.57. The average molecular weight is 1120 g/mol. The van der Waals surface area contributed by atoms with Gasteiger partial charge in [-0.25, -0.2) is 9.13 Å². The summed E-state index contributed by atoms with van der Waals surface area (Å²) >= 11 is 31.4. The number of hydrogen-bond donors (Lipinski definition) is 3. The Labute approximate surface area is 276 Å². The van der Waals surface area contributed by atoms with Gasteiger partial charge in [0.15, 0.2) is 10.3 Å². The molecular formula is C15H27Br9O8P2. The van der Waals surface area contributed by atoms with Crippen molar-refractivity contribution in [3.63, 3.8) is 0 Å². The van der Waals surface area contributed by atoms with E-state index in [0.29, 0.717) is 16.0 Å². The van der Waals surface area contributed by atoms with Crippen LogP contribution < -0.4 is 0 Å². The summed E-state index contributed by atoms with van der Waals surface area (Å²) in [5.41, 5.74) is -1.60. The van der Waals surface area contributed by atoms with E-state index in [1.165, 1.54) is 0 Å². The quantitative estimate of drug-likeness (QED) is 0.131. The van der Waals surface area contributed by atoms with Crippen molar-refractivity contribution in [3.05, 3.63) is 0 Å². The molecule has 0 bridgehead atoms. The van der Waals surface area contributed by atoms with Gasteiger partial charge in [-0.15, -0.1) is 0 Å². The number of rotatable bonds is 12. The van der Waals surface area contributed by atoms with Gasteiger partial charge in [-0.3, -0.25) is 13.6 Å². The van der Waals surface area contributed by atoms with E-state index < -0.39 is 42.1 Å². The molecule has 0 aromatic heterocycles. The monoisotopic (exact) mass is 1110 g/mol. The molecule has 0 saturated heterocycles. The Bertz CT molecular complexity index is 667. The van der Waals surface area contributed by atoms with E-state index in [9.17, 15) is 4.57 Å². The first kappa shape index (κ1) is 40.7. The van der Waals surface area contributed by atoms with Crippen molar-refractivity contribution in [3.8, 4) is 0 Å². The van der Waals surface area contributed by atoms with Crippen LogP contribution in [0.4, 0.5) is 0 Å². The van der Waals surface area contributed by atoms with Gasteiger partial charge < -0.3 is 14.7 Å². The van der Waals surface area contributed by atoms with Crippen LogP contribution >= 0.6 is 159 Å². The third-order valence-corrected chi connectivity index (χ3v) is 18.7. The van der Waals surface area contributed by atoms with Gasteiger partial charge in [-0.2, -0.15) is 0 Å². The highest BCUT2D eigenvalue weighted by molar-refractivity contribution is 9.26. The van der Waals surface area contributed by atoms with E-state index in [1.807, 2.05) is 41.5 Å². The molecule has 34 heavy (non-hydrogen) atoms. The van der Waals surface area contributed by atoms with Crippen molar-refractivity contribution in [2.24, 2.45) is 16.2 Å². The van der Waals surface area contributed by atoms with Crippen LogP contribution in [0.2, 0.25) is 0 Å². The summed E-state index contributed by atoms with van der Waals surface area (Å²) in [6.45, 7) is 11.5. The molecule has 0 aliphatic rings. The lowest BCUT2D eigenvalue weighted by atomic mass is 9.98. The SMILES string of the molecule is CC(C)(CBr)C(Br)(Br)OP(=O)(OC(Br)(Br)C(C)(C)CBr)OC(Br)(Br)C(C)(C)CBr.O=P(O)(O)O. The zero-order valence-corrected chi connectivity index (χ0v) is 34.9. The Morgan fingerprint density at radius 1 is 0.559 bits per heavy atom. The number of phosphoric ester groups is 1. The lowest BCUT2D eigenvalue weighted by molar-refractivity contribution is 0.00988. The summed E-state index contributed by atoms with van der Waals surface area (Å²) in [7, 11) is -8.90. The topological polar surface area (TPSA) is 123 Å². The number of halogens is 9. The molecule has 0 radical (unpaired) electrons. The van der Waals surface area contributed by atoms with E-state index in [4.69, 9.17) is 32.8 Å². The summed E-state index contributed by atoms with van der Waals surface area (Å²) in [5.74, 6) is 0. The van der Waals surface area contributed by atoms with Crippen LogP contribution in [0.3, 0.4) is 0 Å². The van der Waals surface area contributed by atoms with Crippen molar-refractivity contribution in [2.45, 2.75) is 51.8 Å². The Kier molecular flexibility index (Phi) is 17.5. The average Bonchev–Trinajstić information content (AvgIpc) is 2.57. The molecule has 8 nitrogen and oxygen atoms in total. The molecular weight excluding hydrogens is 1090 g/mol. The first-order valence-electron chi connectivity index (χ1n) is 8.87. The van der Waals surface area contributed by atoms with E-state index in [2.05, 4.69) is 143 Å². The second kappa shape index (κ2) is 14.6. The maximum absolute atomic E-state index is 14.1. The fraction of sp³-hybridized carbons (Fsp3) is 1.00. The van der Waals surface area contributed by atoms with Crippen molar-refractivity contribution in [1.82, 2.24) is 0 Å². The lowest BCUT2D eigenvalue weighted by Crippen LogP contribution is -2.43. The molecule has 0 atom stereocenters. The zero-order valence-electron chi connectivity index (χ0n) is 18.8. The van der Waals surface area contributed by atoms with Crippen LogP contribution in [0, 0.1) is 16.2 Å². The van der Waals surface area contributed by atoms with Crippen molar-refractivity contribution >= 4 is 159 Å². The van der Waals surface area contributed by atoms with Gasteiger partial charge in [-0.05, 0) is 95.6 Å². The van der Waals surface area contributed by atoms with Gasteiger partial charge in [0.05, 0.1) is 0 Å². The standard InChI is InChI=1S/C15H24Br9O4P.H3O4P/c1-10(2,7-16)13(19,20)26-29(25,27-14(21,22)11(3,4)8-17)28-15(23,24)12(5,6)9-18;1-5(2,3)4/h7-9H2,1-6H3;(H3,1,2,3,4). The van der Waals surface area contributed by atoms with E-state index in [1.54, 1.807) is 0 Å². The fourth-order valence-corrected chi connectivity index (χ4v) is 10.3. The second-order valence-electron chi connectivity index (χ2n) is 8.84. The minimum atomic E-state index is -4.64. The van der Waals surface area contributed by atoms with Crippen LogP contribution in [-0.4, -0.2) is 40.9 Å². The van der Waals surface area contributed by atoms with Crippen molar-refractivity contribution in [2.75, 3.05) is 16.0 Å².